The largest absolute Gasteiger partial charge is 0.489 e. The fourth-order valence-electron chi connectivity index (χ4n) is 1.92. The van der Waals surface area contributed by atoms with Crippen molar-refractivity contribution in [1.82, 2.24) is 0 Å². The number of fused-ring (bicyclic) bond motifs is 1. The second-order valence-corrected chi connectivity index (χ2v) is 6.23. The number of para-hydroxylation sites is 1. The van der Waals surface area contributed by atoms with Crippen LogP contribution in [0.4, 0.5) is 0 Å². The highest BCUT2D eigenvalue weighted by Crippen LogP contribution is 2.21. The molecule has 5 heteroatoms. The molecule has 1 heterocycles. The van der Waals surface area contributed by atoms with Crippen LogP contribution in [0, 0.1) is 6.92 Å². The Morgan fingerprint density at radius 3 is 2.59 bits per heavy atom. The molecule has 116 valence electrons. The Morgan fingerprint density at radius 2 is 1.91 bits per heavy atom. The zero-order valence-corrected chi connectivity index (χ0v) is 13.3. The van der Waals surface area contributed by atoms with Crippen molar-refractivity contribution < 1.29 is 18.7 Å². The van der Waals surface area contributed by atoms with Crippen LogP contribution in [0.3, 0.4) is 0 Å². The van der Waals surface area contributed by atoms with Gasteiger partial charge in [0.15, 0.2) is 0 Å². The molecule has 3 rings (SSSR count). The predicted octanol–water partition coefficient (Wildman–Crippen LogP) is 3.42. The molecular formula is C17H18O4S. The molecule has 0 amide bonds. The highest BCUT2D eigenvalue weighted by Gasteiger charge is 2.14. The summed E-state index contributed by atoms with van der Waals surface area (Å²) < 4.78 is 39.6. The third-order valence-corrected chi connectivity index (χ3v) is 4.49. The van der Waals surface area contributed by atoms with Gasteiger partial charge in [-0.3, -0.25) is 4.18 Å². The van der Waals surface area contributed by atoms with E-state index in [0.717, 1.165) is 18.4 Å². The highest BCUT2D eigenvalue weighted by atomic mass is 32.2. The Labute approximate surface area is 132 Å². The van der Waals surface area contributed by atoms with E-state index in [4.69, 9.17) is 6.11 Å². The molecule has 0 atom stereocenters. The summed E-state index contributed by atoms with van der Waals surface area (Å²) >= 11 is 0. The van der Waals surface area contributed by atoms with E-state index in [2.05, 4.69) is 4.18 Å². The van der Waals surface area contributed by atoms with Gasteiger partial charge in [-0.2, -0.15) is 8.42 Å². The minimum Gasteiger partial charge on any atom is -0.489 e. The van der Waals surface area contributed by atoms with Crippen LogP contribution in [-0.4, -0.2) is 22.1 Å². The third-order valence-electron chi connectivity index (χ3n) is 3.05. The van der Waals surface area contributed by atoms with Gasteiger partial charge < -0.3 is 4.74 Å². The van der Waals surface area contributed by atoms with Crippen LogP contribution < -0.4 is 4.74 Å². The Morgan fingerprint density at radius 1 is 1.18 bits per heavy atom. The van der Waals surface area contributed by atoms with Gasteiger partial charge in [-0.15, -0.1) is 0 Å². The number of rotatable bonds is 2. The van der Waals surface area contributed by atoms with Gasteiger partial charge in [0, 0.05) is 5.56 Å². The minimum atomic E-state index is -3.53. The molecule has 0 radical (unpaired) electrons. The maximum absolute atomic E-state index is 11.2. The maximum Gasteiger partial charge on any atom is 0.296 e. The molecule has 1 aliphatic heterocycles. The van der Waals surface area contributed by atoms with Crippen LogP contribution in [0.25, 0.3) is 6.08 Å². The Balaban J connectivity index is 0.000000167. The van der Waals surface area contributed by atoms with Crippen LogP contribution in [0.2, 0.25) is 0 Å². The van der Waals surface area contributed by atoms with Crippen molar-refractivity contribution in [3.05, 3.63) is 65.7 Å². The first-order valence-electron chi connectivity index (χ1n) is 7.21. The fraction of sp³-hybridized carbons (Fsp3) is 0.176. The Bertz CT molecular complexity index is 813. The molecule has 0 saturated carbocycles. The molecule has 22 heavy (non-hydrogen) atoms. The minimum absolute atomic E-state index is 0.229. The average Bonchev–Trinajstić information content (AvgIpc) is 2.56. The van der Waals surface area contributed by atoms with Crippen molar-refractivity contribution in [3.63, 3.8) is 0 Å². The summed E-state index contributed by atoms with van der Waals surface area (Å²) in [5.41, 5.74) is 1.58. The zero-order valence-electron chi connectivity index (χ0n) is 13.4. The van der Waals surface area contributed by atoms with E-state index in [9.17, 15) is 8.42 Å². The van der Waals surface area contributed by atoms with Gasteiger partial charge in [0.1, 0.15) is 12.4 Å². The summed E-state index contributed by atoms with van der Waals surface area (Å²) in [4.78, 5) is 0.229. The van der Waals surface area contributed by atoms with E-state index in [-0.39, 0.29) is 4.90 Å². The quantitative estimate of drug-likeness (QED) is 0.796. The highest BCUT2D eigenvalue weighted by molar-refractivity contribution is 7.86. The molecular weight excluding hydrogens is 300 g/mol. The zero-order chi connectivity index (χ0) is 16.9. The lowest BCUT2D eigenvalue weighted by atomic mass is 10.1. The smallest absolute Gasteiger partial charge is 0.296 e. The molecule has 0 N–H and O–H groups in total. The molecule has 0 saturated heterocycles. The number of ether oxygens (including phenoxy) is 1. The first kappa shape index (κ1) is 14.8. The second kappa shape index (κ2) is 7.24. The second-order valence-electron chi connectivity index (χ2n) is 4.55. The van der Waals surface area contributed by atoms with Crippen molar-refractivity contribution in [2.24, 2.45) is 0 Å². The monoisotopic (exact) mass is 319 g/mol. The van der Waals surface area contributed by atoms with Gasteiger partial charge in [0.2, 0.25) is 0 Å². The fourth-order valence-corrected chi connectivity index (χ4v) is 2.81. The lowest BCUT2D eigenvalue weighted by Gasteiger charge is -2.10. The van der Waals surface area contributed by atoms with Crippen molar-refractivity contribution in [2.45, 2.75) is 11.8 Å². The van der Waals surface area contributed by atoms with E-state index >= 15 is 0 Å². The van der Waals surface area contributed by atoms with E-state index in [1.807, 2.05) is 24.3 Å². The van der Waals surface area contributed by atoms with E-state index in [1.165, 1.54) is 6.07 Å². The van der Waals surface area contributed by atoms with Crippen LogP contribution in [-0.2, 0) is 14.3 Å². The standard InChI is InChI=1S/C9H8O.C8H10O3S/c1-2-6-9-8(4-1)5-3-7-10-9;1-7-5-3-4-6-8(7)12(9,10)11-2/h1-6H,7H2;3-6H,1-2H3/i4D;. The average molecular weight is 319 g/mol. The van der Waals surface area contributed by atoms with Crippen molar-refractivity contribution in [2.75, 3.05) is 13.7 Å². The van der Waals surface area contributed by atoms with Crippen molar-refractivity contribution in [1.29, 1.82) is 0 Å². The molecule has 0 spiro atoms. The molecule has 0 fully saturated rings. The number of aryl methyl sites for hydroxylation is 1. The van der Waals surface area contributed by atoms with E-state index in [0.29, 0.717) is 18.2 Å². The first-order chi connectivity index (χ1) is 11.0. The van der Waals surface area contributed by atoms with E-state index in [1.54, 1.807) is 31.2 Å². The van der Waals surface area contributed by atoms with Gasteiger partial charge in [0.05, 0.1) is 13.4 Å². The molecule has 1 aliphatic rings. The maximum atomic E-state index is 11.2. The van der Waals surface area contributed by atoms with E-state index < -0.39 is 10.1 Å². The summed E-state index contributed by atoms with van der Waals surface area (Å²) in [6.45, 7) is 2.35. The summed E-state index contributed by atoms with van der Waals surface area (Å²) in [6.07, 6.45) is 3.85. The van der Waals surface area contributed by atoms with Crippen molar-refractivity contribution in [3.8, 4) is 5.75 Å². The normalized spacial score (nSPS) is 13.3. The first-order valence-corrected chi connectivity index (χ1v) is 8.12. The molecule has 0 aliphatic carbocycles. The number of hydrogen-bond donors (Lipinski definition) is 0. The Hall–Kier alpha value is -2.11. The van der Waals surface area contributed by atoms with Gasteiger partial charge in [-0.25, -0.2) is 0 Å². The lowest BCUT2D eigenvalue weighted by molar-refractivity contribution is 0.358. The van der Waals surface area contributed by atoms with Crippen molar-refractivity contribution >= 4 is 16.2 Å². The molecule has 2 aromatic carbocycles. The predicted molar refractivity (Wildman–Crippen MR) is 86.3 cm³/mol. The Kier molecular flexibility index (Phi) is 4.88. The van der Waals surface area contributed by atoms with Gasteiger partial charge in [0.25, 0.3) is 10.1 Å². The van der Waals surface area contributed by atoms with Crippen LogP contribution in [0.1, 0.15) is 12.5 Å². The topological polar surface area (TPSA) is 52.6 Å². The molecule has 0 bridgehead atoms. The third kappa shape index (κ3) is 3.96. The van der Waals surface area contributed by atoms with Crippen LogP contribution in [0.5, 0.6) is 5.75 Å². The van der Waals surface area contributed by atoms with Gasteiger partial charge in [-0.05, 0) is 30.7 Å². The number of hydrogen-bond acceptors (Lipinski definition) is 4. The van der Waals surface area contributed by atoms with Crippen LogP contribution in [0.15, 0.2) is 59.5 Å². The summed E-state index contributed by atoms with van der Waals surface area (Å²) in [5.74, 6) is 0.819. The molecule has 0 unspecified atom stereocenters. The molecule has 2 aromatic rings. The molecule has 0 aromatic heterocycles. The SMILES string of the molecule is COS(=O)(=O)c1ccccc1C.[2H]c1cccc2c1C=CCO2. The van der Waals surface area contributed by atoms with Gasteiger partial charge in [-0.1, -0.05) is 42.5 Å². The summed E-state index contributed by atoms with van der Waals surface area (Å²) in [7, 11) is -2.37. The number of benzene rings is 2. The molecule has 4 nitrogen and oxygen atoms in total. The summed E-state index contributed by atoms with van der Waals surface area (Å²) in [6, 6.07) is 12.7. The van der Waals surface area contributed by atoms with Crippen LogP contribution >= 0.6 is 0 Å². The van der Waals surface area contributed by atoms with Gasteiger partial charge >= 0.3 is 0 Å². The lowest BCUT2D eigenvalue weighted by Crippen LogP contribution is -2.04. The summed E-state index contributed by atoms with van der Waals surface area (Å²) in [5, 5.41) is 0.